The SMILES string of the molecule is CCNc1nc2ccc(CCc3cn4ccc(C)cc4n3)cc2o1. The standard InChI is InChI=1S/C19H20N4O/c1-3-20-19-22-16-7-5-14(11-17(16)24-19)4-6-15-12-23-9-8-13(2)10-18(23)21-15/h5,7-12H,3-4,6H2,1-2H3,(H,20,22). The van der Waals surface area contributed by atoms with Crippen LogP contribution in [-0.2, 0) is 12.8 Å². The smallest absolute Gasteiger partial charge is 0.295 e. The number of rotatable bonds is 5. The molecule has 0 aliphatic heterocycles. The van der Waals surface area contributed by atoms with Crippen molar-refractivity contribution in [3.63, 3.8) is 0 Å². The molecule has 4 rings (SSSR count). The van der Waals surface area contributed by atoms with Gasteiger partial charge in [0.25, 0.3) is 6.01 Å². The van der Waals surface area contributed by atoms with Gasteiger partial charge in [-0.2, -0.15) is 4.98 Å². The van der Waals surface area contributed by atoms with Crippen LogP contribution in [0.1, 0.15) is 23.7 Å². The lowest BCUT2D eigenvalue weighted by atomic mass is 10.1. The number of imidazole rings is 1. The van der Waals surface area contributed by atoms with Crippen LogP contribution in [0, 0.1) is 6.92 Å². The van der Waals surface area contributed by atoms with Crippen LogP contribution in [0.25, 0.3) is 16.7 Å². The van der Waals surface area contributed by atoms with E-state index in [2.05, 4.69) is 58.3 Å². The highest BCUT2D eigenvalue weighted by Crippen LogP contribution is 2.21. The van der Waals surface area contributed by atoms with Crippen molar-refractivity contribution in [1.29, 1.82) is 0 Å². The molecule has 0 radical (unpaired) electrons. The van der Waals surface area contributed by atoms with Gasteiger partial charge in [0.05, 0.1) is 5.69 Å². The molecule has 0 bridgehead atoms. The maximum absolute atomic E-state index is 5.72. The number of oxazole rings is 1. The van der Waals surface area contributed by atoms with Crippen molar-refractivity contribution in [1.82, 2.24) is 14.4 Å². The van der Waals surface area contributed by atoms with Gasteiger partial charge in [0, 0.05) is 18.9 Å². The molecule has 0 aliphatic rings. The van der Waals surface area contributed by atoms with Crippen LogP contribution in [0.4, 0.5) is 6.01 Å². The maximum Gasteiger partial charge on any atom is 0.295 e. The number of nitrogens with zero attached hydrogens (tertiary/aromatic N) is 3. The normalized spacial score (nSPS) is 11.4. The first kappa shape index (κ1) is 14.8. The van der Waals surface area contributed by atoms with Crippen molar-refractivity contribution in [2.75, 3.05) is 11.9 Å². The average Bonchev–Trinajstić information content (AvgIpc) is 3.15. The second-order valence-electron chi connectivity index (χ2n) is 6.05. The first-order valence-electron chi connectivity index (χ1n) is 8.29. The Balaban J connectivity index is 1.52. The highest BCUT2D eigenvalue weighted by Gasteiger charge is 2.07. The number of fused-ring (bicyclic) bond motifs is 2. The minimum absolute atomic E-state index is 0.584. The zero-order valence-corrected chi connectivity index (χ0v) is 13.9. The Labute approximate surface area is 140 Å². The van der Waals surface area contributed by atoms with Crippen molar-refractivity contribution in [2.24, 2.45) is 0 Å². The molecule has 0 amide bonds. The van der Waals surface area contributed by atoms with Gasteiger partial charge in [-0.05, 0) is 62.1 Å². The Hall–Kier alpha value is -2.82. The predicted octanol–water partition coefficient (Wildman–Crippen LogP) is 4.00. The fourth-order valence-corrected chi connectivity index (χ4v) is 2.88. The zero-order chi connectivity index (χ0) is 16.5. The Morgan fingerprint density at radius 1 is 1.12 bits per heavy atom. The number of aromatic nitrogens is 3. The molecule has 0 aliphatic carbocycles. The molecule has 0 saturated carbocycles. The summed E-state index contributed by atoms with van der Waals surface area (Å²) in [7, 11) is 0. The number of hydrogen-bond acceptors (Lipinski definition) is 4. The Morgan fingerprint density at radius 2 is 2.04 bits per heavy atom. The third-order valence-corrected chi connectivity index (χ3v) is 4.12. The summed E-state index contributed by atoms with van der Waals surface area (Å²) in [5, 5.41) is 3.10. The van der Waals surface area contributed by atoms with Gasteiger partial charge >= 0.3 is 0 Å². The van der Waals surface area contributed by atoms with E-state index in [1.54, 1.807) is 0 Å². The largest absolute Gasteiger partial charge is 0.424 e. The van der Waals surface area contributed by atoms with E-state index >= 15 is 0 Å². The molecule has 122 valence electrons. The fraction of sp³-hybridized carbons (Fsp3) is 0.263. The molecule has 3 heterocycles. The predicted molar refractivity (Wildman–Crippen MR) is 95.5 cm³/mol. The van der Waals surface area contributed by atoms with Crippen molar-refractivity contribution in [3.8, 4) is 0 Å². The minimum Gasteiger partial charge on any atom is -0.424 e. The summed E-state index contributed by atoms with van der Waals surface area (Å²) < 4.78 is 7.79. The zero-order valence-electron chi connectivity index (χ0n) is 13.9. The lowest BCUT2D eigenvalue weighted by molar-refractivity contribution is 0.616. The topological polar surface area (TPSA) is 55.4 Å². The fourth-order valence-electron chi connectivity index (χ4n) is 2.88. The van der Waals surface area contributed by atoms with Gasteiger partial charge in [-0.3, -0.25) is 0 Å². The maximum atomic E-state index is 5.72. The van der Waals surface area contributed by atoms with Gasteiger partial charge in [-0.15, -0.1) is 0 Å². The number of nitrogens with one attached hydrogen (secondary N) is 1. The number of hydrogen-bond donors (Lipinski definition) is 1. The van der Waals surface area contributed by atoms with Crippen molar-refractivity contribution >= 4 is 22.8 Å². The monoisotopic (exact) mass is 320 g/mol. The van der Waals surface area contributed by atoms with Gasteiger partial charge in [-0.1, -0.05) is 6.07 Å². The lowest BCUT2D eigenvalue weighted by Gasteiger charge is -1.98. The second kappa shape index (κ2) is 6.00. The molecule has 0 atom stereocenters. The third-order valence-electron chi connectivity index (χ3n) is 4.12. The van der Waals surface area contributed by atoms with Gasteiger partial charge in [0.1, 0.15) is 11.2 Å². The summed E-state index contributed by atoms with van der Waals surface area (Å²) in [5.41, 5.74) is 6.28. The minimum atomic E-state index is 0.584. The molecule has 3 aromatic heterocycles. The van der Waals surface area contributed by atoms with E-state index in [4.69, 9.17) is 9.40 Å². The van der Waals surface area contributed by atoms with Crippen LogP contribution in [-0.4, -0.2) is 20.9 Å². The molecule has 4 aromatic rings. The summed E-state index contributed by atoms with van der Waals surface area (Å²) in [4.78, 5) is 9.10. The molecular formula is C19H20N4O. The van der Waals surface area contributed by atoms with Gasteiger partial charge in [0.15, 0.2) is 5.58 Å². The Bertz CT molecular complexity index is 999. The van der Waals surface area contributed by atoms with E-state index in [0.29, 0.717) is 6.01 Å². The van der Waals surface area contributed by atoms with Crippen molar-refractivity contribution in [2.45, 2.75) is 26.7 Å². The van der Waals surface area contributed by atoms with Gasteiger partial charge < -0.3 is 14.1 Å². The third kappa shape index (κ3) is 2.85. The van der Waals surface area contributed by atoms with Crippen molar-refractivity contribution < 1.29 is 4.42 Å². The van der Waals surface area contributed by atoms with Gasteiger partial charge in [-0.25, -0.2) is 4.98 Å². The number of pyridine rings is 1. The van der Waals surface area contributed by atoms with Crippen LogP contribution in [0.15, 0.2) is 47.1 Å². The molecule has 24 heavy (non-hydrogen) atoms. The Morgan fingerprint density at radius 3 is 2.92 bits per heavy atom. The quantitative estimate of drug-likeness (QED) is 0.604. The van der Waals surface area contributed by atoms with Crippen LogP contribution in [0.2, 0.25) is 0 Å². The number of benzene rings is 1. The first-order valence-corrected chi connectivity index (χ1v) is 8.29. The molecule has 1 N–H and O–H groups in total. The van der Waals surface area contributed by atoms with E-state index in [-0.39, 0.29) is 0 Å². The summed E-state index contributed by atoms with van der Waals surface area (Å²) in [6.07, 6.45) is 5.99. The van der Waals surface area contributed by atoms with Crippen LogP contribution in [0.3, 0.4) is 0 Å². The van der Waals surface area contributed by atoms with E-state index in [0.717, 1.165) is 41.8 Å². The van der Waals surface area contributed by atoms with E-state index in [9.17, 15) is 0 Å². The first-order chi connectivity index (χ1) is 11.7. The molecular weight excluding hydrogens is 300 g/mol. The Kier molecular flexibility index (Phi) is 3.69. The van der Waals surface area contributed by atoms with Gasteiger partial charge in [0.2, 0.25) is 0 Å². The summed E-state index contributed by atoms with van der Waals surface area (Å²) in [6, 6.07) is 11.0. The average molecular weight is 320 g/mol. The number of anilines is 1. The summed E-state index contributed by atoms with van der Waals surface area (Å²) in [5.74, 6) is 0. The lowest BCUT2D eigenvalue weighted by Crippen LogP contribution is -1.95. The second-order valence-corrected chi connectivity index (χ2v) is 6.05. The molecule has 5 nitrogen and oxygen atoms in total. The molecule has 0 saturated heterocycles. The summed E-state index contributed by atoms with van der Waals surface area (Å²) >= 11 is 0. The van der Waals surface area contributed by atoms with Crippen LogP contribution < -0.4 is 5.32 Å². The summed E-state index contributed by atoms with van der Waals surface area (Å²) in [6.45, 7) is 4.91. The number of aryl methyl sites for hydroxylation is 3. The van der Waals surface area contributed by atoms with Crippen LogP contribution >= 0.6 is 0 Å². The van der Waals surface area contributed by atoms with Crippen molar-refractivity contribution in [3.05, 3.63) is 59.5 Å². The van der Waals surface area contributed by atoms with E-state index in [1.807, 2.05) is 13.0 Å². The van der Waals surface area contributed by atoms with E-state index < -0.39 is 0 Å². The molecule has 0 spiro atoms. The highest BCUT2D eigenvalue weighted by molar-refractivity contribution is 5.75. The molecule has 0 unspecified atom stereocenters. The molecule has 5 heteroatoms. The molecule has 1 aromatic carbocycles. The van der Waals surface area contributed by atoms with Crippen LogP contribution in [0.5, 0.6) is 0 Å². The molecule has 0 fully saturated rings. The van der Waals surface area contributed by atoms with E-state index in [1.165, 1.54) is 11.1 Å². The highest BCUT2D eigenvalue weighted by atomic mass is 16.4.